The zero-order valence-corrected chi connectivity index (χ0v) is 18.5. The van der Waals surface area contributed by atoms with E-state index < -0.39 is 10.0 Å². The fourth-order valence-electron chi connectivity index (χ4n) is 3.99. The van der Waals surface area contributed by atoms with Crippen molar-refractivity contribution in [3.05, 3.63) is 65.9 Å². The molecular formula is C24H25N3O4S. The Morgan fingerprint density at radius 2 is 2.00 bits per heavy atom. The standard InChI is InChI=1S/C24H25N3O4S/c28-23(26-20-8-9-20)11-7-17-6-10-21-19(15-17)16-27(13-14-31-21)32(29,30)22-5-1-3-18-4-2-12-25-24(18)22/h1-6,10,12,15,20H,7-9,11,13-14,16H2,(H,26,28). The van der Waals surface area contributed by atoms with Gasteiger partial charge in [-0.2, -0.15) is 4.31 Å². The molecule has 1 N–H and O–H groups in total. The molecule has 0 radical (unpaired) electrons. The molecule has 0 saturated heterocycles. The highest BCUT2D eigenvalue weighted by molar-refractivity contribution is 7.89. The molecule has 5 rings (SSSR count). The van der Waals surface area contributed by atoms with Crippen molar-refractivity contribution in [1.29, 1.82) is 0 Å². The van der Waals surface area contributed by atoms with E-state index in [0.29, 0.717) is 30.1 Å². The van der Waals surface area contributed by atoms with Crippen LogP contribution in [0, 0.1) is 0 Å². The fourth-order valence-corrected chi connectivity index (χ4v) is 5.56. The number of para-hydroxylation sites is 1. The van der Waals surface area contributed by atoms with Gasteiger partial charge in [-0.25, -0.2) is 8.42 Å². The van der Waals surface area contributed by atoms with Crippen LogP contribution in [0.25, 0.3) is 10.9 Å². The number of amides is 1. The second-order valence-corrected chi connectivity index (χ2v) is 10.2. The molecule has 166 valence electrons. The van der Waals surface area contributed by atoms with Gasteiger partial charge in [-0.3, -0.25) is 9.78 Å². The van der Waals surface area contributed by atoms with Crippen molar-refractivity contribution >= 4 is 26.8 Å². The van der Waals surface area contributed by atoms with Crippen LogP contribution < -0.4 is 10.1 Å². The maximum atomic E-state index is 13.5. The second-order valence-electron chi connectivity index (χ2n) is 8.30. The lowest BCUT2D eigenvalue weighted by atomic mass is 10.1. The smallest absolute Gasteiger partial charge is 0.245 e. The number of carbonyl (C=O) groups excluding carboxylic acids is 1. The maximum Gasteiger partial charge on any atom is 0.245 e. The van der Waals surface area contributed by atoms with Crippen LogP contribution in [0.2, 0.25) is 0 Å². The Morgan fingerprint density at radius 3 is 2.84 bits per heavy atom. The summed E-state index contributed by atoms with van der Waals surface area (Å²) >= 11 is 0. The lowest BCUT2D eigenvalue weighted by Gasteiger charge is -2.20. The van der Waals surface area contributed by atoms with Gasteiger partial charge in [0.2, 0.25) is 15.9 Å². The lowest BCUT2D eigenvalue weighted by Crippen LogP contribution is -2.32. The summed E-state index contributed by atoms with van der Waals surface area (Å²) in [5.74, 6) is 0.747. The number of aromatic nitrogens is 1. The topological polar surface area (TPSA) is 88.6 Å². The molecule has 8 heteroatoms. The molecule has 0 bridgehead atoms. The molecule has 1 saturated carbocycles. The number of aryl methyl sites for hydroxylation is 1. The summed E-state index contributed by atoms with van der Waals surface area (Å²) in [6.07, 6.45) is 4.76. The molecule has 1 amide bonds. The van der Waals surface area contributed by atoms with E-state index in [1.165, 1.54) is 4.31 Å². The van der Waals surface area contributed by atoms with E-state index in [-0.39, 0.29) is 30.5 Å². The molecule has 2 heterocycles. The second kappa shape index (κ2) is 8.52. The average molecular weight is 452 g/mol. The molecule has 1 aromatic heterocycles. The number of hydrogen-bond donors (Lipinski definition) is 1. The number of nitrogens with zero attached hydrogens (tertiary/aromatic N) is 2. The summed E-state index contributed by atoms with van der Waals surface area (Å²) in [6, 6.07) is 15.0. The highest BCUT2D eigenvalue weighted by Crippen LogP contribution is 2.30. The van der Waals surface area contributed by atoms with Gasteiger partial charge in [-0.15, -0.1) is 0 Å². The first-order chi connectivity index (χ1) is 15.5. The predicted molar refractivity (Wildman–Crippen MR) is 121 cm³/mol. The zero-order valence-electron chi connectivity index (χ0n) is 17.7. The minimum Gasteiger partial charge on any atom is -0.492 e. The van der Waals surface area contributed by atoms with E-state index >= 15 is 0 Å². The van der Waals surface area contributed by atoms with Crippen LogP contribution in [0.1, 0.15) is 30.4 Å². The summed E-state index contributed by atoms with van der Waals surface area (Å²) in [5.41, 5.74) is 2.26. The normalized spacial score (nSPS) is 16.8. The molecule has 2 aliphatic rings. The number of ether oxygens (including phenoxy) is 1. The number of pyridine rings is 1. The maximum absolute atomic E-state index is 13.5. The van der Waals surface area contributed by atoms with Crippen molar-refractivity contribution in [2.75, 3.05) is 13.2 Å². The van der Waals surface area contributed by atoms with Gasteiger partial charge < -0.3 is 10.1 Å². The first-order valence-corrected chi connectivity index (χ1v) is 12.3. The van der Waals surface area contributed by atoms with E-state index in [9.17, 15) is 13.2 Å². The lowest BCUT2D eigenvalue weighted by molar-refractivity contribution is -0.121. The van der Waals surface area contributed by atoms with Crippen molar-refractivity contribution in [2.45, 2.75) is 43.2 Å². The van der Waals surface area contributed by atoms with Crippen LogP contribution in [-0.4, -0.2) is 42.8 Å². The quantitative estimate of drug-likeness (QED) is 0.622. The summed E-state index contributed by atoms with van der Waals surface area (Å²) < 4.78 is 34.4. The predicted octanol–water partition coefficient (Wildman–Crippen LogP) is 3.03. The Kier molecular flexibility index (Phi) is 5.57. The Morgan fingerprint density at radius 1 is 1.16 bits per heavy atom. The SMILES string of the molecule is O=C(CCc1ccc2c(c1)CN(S(=O)(=O)c1cccc3cccnc13)CCO2)NC1CC1. The highest BCUT2D eigenvalue weighted by Gasteiger charge is 2.30. The van der Waals surface area contributed by atoms with Crippen LogP contribution in [0.15, 0.2) is 59.6 Å². The molecular weight excluding hydrogens is 426 g/mol. The molecule has 3 aromatic rings. The molecule has 0 spiro atoms. The first kappa shape index (κ1) is 20.9. The molecule has 1 aliphatic heterocycles. The van der Waals surface area contributed by atoms with Crippen LogP contribution in [0.5, 0.6) is 5.75 Å². The summed E-state index contributed by atoms with van der Waals surface area (Å²) in [5, 5.41) is 3.78. The van der Waals surface area contributed by atoms with E-state index in [1.807, 2.05) is 30.3 Å². The molecule has 7 nitrogen and oxygen atoms in total. The van der Waals surface area contributed by atoms with E-state index in [2.05, 4.69) is 10.3 Å². The van der Waals surface area contributed by atoms with Crippen molar-refractivity contribution < 1.29 is 17.9 Å². The van der Waals surface area contributed by atoms with Crippen LogP contribution in [0.3, 0.4) is 0 Å². The third kappa shape index (κ3) is 4.33. The minimum atomic E-state index is -3.77. The summed E-state index contributed by atoms with van der Waals surface area (Å²) in [6.45, 7) is 0.732. The monoisotopic (exact) mass is 451 g/mol. The van der Waals surface area contributed by atoms with Gasteiger partial charge in [0.25, 0.3) is 0 Å². The van der Waals surface area contributed by atoms with Crippen molar-refractivity contribution in [2.24, 2.45) is 0 Å². The van der Waals surface area contributed by atoms with Crippen LogP contribution >= 0.6 is 0 Å². The van der Waals surface area contributed by atoms with Gasteiger partial charge in [0.05, 0.1) is 5.52 Å². The van der Waals surface area contributed by atoms with E-state index in [4.69, 9.17) is 4.74 Å². The molecule has 0 atom stereocenters. The largest absolute Gasteiger partial charge is 0.492 e. The van der Waals surface area contributed by atoms with Crippen molar-refractivity contribution in [3.8, 4) is 5.75 Å². The van der Waals surface area contributed by atoms with Crippen LogP contribution in [0.4, 0.5) is 0 Å². The average Bonchev–Trinajstić information content (AvgIpc) is 3.63. The van der Waals surface area contributed by atoms with Gasteiger partial charge in [0.15, 0.2) is 0 Å². The fraction of sp³-hybridized carbons (Fsp3) is 0.333. The number of hydrogen-bond acceptors (Lipinski definition) is 5. The highest BCUT2D eigenvalue weighted by atomic mass is 32.2. The summed E-state index contributed by atoms with van der Waals surface area (Å²) in [4.78, 5) is 16.5. The van der Waals surface area contributed by atoms with E-state index in [1.54, 1.807) is 24.4 Å². The third-order valence-corrected chi connectivity index (χ3v) is 7.74. The summed E-state index contributed by atoms with van der Waals surface area (Å²) in [7, 11) is -3.77. The van der Waals surface area contributed by atoms with Crippen molar-refractivity contribution in [3.63, 3.8) is 0 Å². The van der Waals surface area contributed by atoms with Gasteiger partial charge >= 0.3 is 0 Å². The Bertz CT molecular complexity index is 1270. The Balaban J connectivity index is 1.38. The molecule has 2 aromatic carbocycles. The number of rotatable bonds is 6. The number of benzene rings is 2. The molecule has 1 fully saturated rings. The van der Waals surface area contributed by atoms with Gasteiger partial charge in [0, 0.05) is 42.7 Å². The van der Waals surface area contributed by atoms with Crippen molar-refractivity contribution in [1.82, 2.24) is 14.6 Å². The van der Waals surface area contributed by atoms with E-state index in [0.717, 1.165) is 29.4 Å². The number of fused-ring (bicyclic) bond motifs is 2. The van der Waals surface area contributed by atoms with Gasteiger partial charge in [0.1, 0.15) is 17.3 Å². The number of carbonyl (C=O) groups is 1. The van der Waals surface area contributed by atoms with Gasteiger partial charge in [-0.1, -0.05) is 30.3 Å². The van der Waals surface area contributed by atoms with Gasteiger partial charge in [-0.05, 0) is 43.0 Å². The third-order valence-electron chi connectivity index (χ3n) is 5.87. The first-order valence-electron chi connectivity index (χ1n) is 10.9. The number of sulfonamides is 1. The minimum absolute atomic E-state index is 0.0614. The number of nitrogens with one attached hydrogen (secondary N) is 1. The zero-order chi connectivity index (χ0) is 22.1. The molecule has 0 unspecified atom stereocenters. The Hall–Kier alpha value is -2.97. The van der Waals surface area contributed by atoms with Crippen LogP contribution in [-0.2, 0) is 27.8 Å². The Labute approximate surface area is 187 Å². The molecule has 1 aliphatic carbocycles. The molecule has 32 heavy (non-hydrogen) atoms.